The molecule has 0 saturated carbocycles. The molecule has 1 aliphatic heterocycles. The van der Waals surface area contributed by atoms with Gasteiger partial charge in [0.05, 0.1) is 6.61 Å². The Labute approximate surface area is 212 Å². The molecule has 0 spiro atoms. The Balaban J connectivity index is 1.26. The van der Waals surface area contributed by atoms with Crippen LogP contribution in [0, 0.1) is 13.8 Å². The number of ether oxygens (including phenoxy) is 1. The first kappa shape index (κ1) is 23.4. The van der Waals surface area contributed by atoms with E-state index in [4.69, 9.17) is 4.74 Å². The Bertz CT molecular complexity index is 1390. The number of fused-ring (bicyclic) bond motifs is 1. The number of amides is 1. The van der Waals surface area contributed by atoms with Crippen molar-refractivity contribution in [2.24, 2.45) is 0 Å². The van der Waals surface area contributed by atoms with Crippen LogP contribution < -0.4 is 15.4 Å². The average Bonchev–Trinajstić information content (AvgIpc) is 3.12. The smallest absolute Gasteiger partial charge is 0.251 e. The lowest BCUT2D eigenvalue weighted by Crippen LogP contribution is -2.15. The maximum Gasteiger partial charge on any atom is 0.251 e. The van der Waals surface area contributed by atoms with Crippen LogP contribution in [0.25, 0.3) is 17.2 Å². The van der Waals surface area contributed by atoms with Gasteiger partial charge in [-0.2, -0.15) is 0 Å². The minimum atomic E-state index is -0.0993. The van der Waals surface area contributed by atoms with E-state index in [0.717, 1.165) is 45.9 Å². The molecule has 4 aromatic carbocycles. The lowest BCUT2D eigenvalue weighted by Gasteiger charge is -2.10. The zero-order valence-electron chi connectivity index (χ0n) is 20.7. The molecule has 2 N–H and O–H groups in total. The van der Waals surface area contributed by atoms with Crippen molar-refractivity contribution in [2.75, 3.05) is 17.2 Å². The van der Waals surface area contributed by atoms with Gasteiger partial charge in [0.15, 0.2) is 0 Å². The molecule has 1 heterocycles. The highest BCUT2D eigenvalue weighted by molar-refractivity contribution is 6.07. The van der Waals surface area contributed by atoms with Crippen molar-refractivity contribution < 1.29 is 9.53 Å². The van der Waals surface area contributed by atoms with E-state index < -0.39 is 0 Å². The second-order valence-electron chi connectivity index (χ2n) is 9.26. The number of carbonyl (C=O) groups is 1. The normalized spacial score (nSPS) is 12.6. The van der Waals surface area contributed by atoms with Crippen LogP contribution in [-0.4, -0.2) is 12.5 Å². The number of hydrogen-bond donors (Lipinski definition) is 2. The summed E-state index contributed by atoms with van der Waals surface area (Å²) in [4.78, 5) is 13.1. The summed E-state index contributed by atoms with van der Waals surface area (Å²) in [6.07, 6.45) is 2.51. The van der Waals surface area contributed by atoms with Gasteiger partial charge < -0.3 is 15.4 Å². The molecule has 1 amide bonds. The van der Waals surface area contributed by atoms with Crippen molar-refractivity contribution in [3.8, 4) is 16.9 Å². The summed E-state index contributed by atoms with van der Waals surface area (Å²) in [7, 11) is 0. The number of rotatable bonds is 6. The first-order valence-corrected chi connectivity index (χ1v) is 12.3. The van der Waals surface area contributed by atoms with E-state index in [1.165, 1.54) is 11.1 Å². The van der Waals surface area contributed by atoms with Crippen LogP contribution in [0.3, 0.4) is 0 Å². The zero-order valence-corrected chi connectivity index (χ0v) is 20.7. The molecule has 0 unspecified atom stereocenters. The Morgan fingerprint density at radius 3 is 2.14 bits per heavy atom. The van der Waals surface area contributed by atoms with Gasteiger partial charge in [0.1, 0.15) is 5.75 Å². The Hall–Kier alpha value is -4.31. The van der Waals surface area contributed by atoms with E-state index in [2.05, 4.69) is 85.1 Å². The maximum atomic E-state index is 13.1. The summed E-state index contributed by atoms with van der Waals surface area (Å²) < 4.78 is 5.94. The van der Waals surface area contributed by atoms with Crippen LogP contribution in [0.2, 0.25) is 0 Å². The molecule has 0 atom stereocenters. The van der Waals surface area contributed by atoms with Crippen LogP contribution >= 0.6 is 0 Å². The van der Waals surface area contributed by atoms with E-state index in [1.807, 2.05) is 36.4 Å². The van der Waals surface area contributed by atoms with Crippen LogP contribution in [0.15, 0.2) is 96.6 Å². The molecule has 0 bridgehead atoms. The highest BCUT2D eigenvalue weighted by Crippen LogP contribution is 2.31. The predicted molar refractivity (Wildman–Crippen MR) is 148 cm³/mol. The van der Waals surface area contributed by atoms with E-state index in [0.29, 0.717) is 18.6 Å². The third kappa shape index (κ3) is 5.66. The molecular formula is C32H30N2O2. The van der Waals surface area contributed by atoms with Crippen LogP contribution in [0.1, 0.15) is 28.7 Å². The number of benzene rings is 4. The van der Waals surface area contributed by atoms with Gasteiger partial charge in [-0.05, 0) is 73.0 Å². The van der Waals surface area contributed by atoms with Crippen molar-refractivity contribution in [1.29, 1.82) is 0 Å². The SMILES string of the molecule is Cc1ccc(NCc2ccc(NC(=O)C3=Cc4cc(-c5ccc(C)cc5)ccc4OCC3)cc2)cc1. The first-order valence-electron chi connectivity index (χ1n) is 12.3. The molecule has 0 fully saturated rings. The van der Waals surface area contributed by atoms with Crippen molar-refractivity contribution in [2.45, 2.75) is 26.8 Å². The predicted octanol–water partition coefficient (Wildman–Crippen LogP) is 7.39. The van der Waals surface area contributed by atoms with E-state index in [1.54, 1.807) is 0 Å². The van der Waals surface area contributed by atoms with E-state index >= 15 is 0 Å². The molecular weight excluding hydrogens is 444 g/mol. The number of carbonyl (C=O) groups excluding carboxylic acids is 1. The number of anilines is 2. The van der Waals surface area contributed by atoms with Gasteiger partial charge in [0, 0.05) is 35.5 Å². The molecule has 0 radical (unpaired) electrons. The lowest BCUT2D eigenvalue weighted by molar-refractivity contribution is -0.113. The monoisotopic (exact) mass is 474 g/mol. The fraction of sp³-hybridized carbons (Fsp3) is 0.156. The highest BCUT2D eigenvalue weighted by atomic mass is 16.5. The molecule has 0 aliphatic carbocycles. The maximum absolute atomic E-state index is 13.1. The number of nitrogens with one attached hydrogen (secondary N) is 2. The molecule has 4 nitrogen and oxygen atoms in total. The molecule has 1 aliphatic rings. The molecule has 180 valence electrons. The Morgan fingerprint density at radius 1 is 0.778 bits per heavy atom. The molecule has 0 saturated heterocycles. The van der Waals surface area contributed by atoms with Crippen LogP contribution in [0.4, 0.5) is 11.4 Å². The quantitative estimate of drug-likeness (QED) is 0.306. The second-order valence-corrected chi connectivity index (χ2v) is 9.26. The largest absolute Gasteiger partial charge is 0.493 e. The third-order valence-corrected chi connectivity index (χ3v) is 6.41. The fourth-order valence-corrected chi connectivity index (χ4v) is 4.22. The van der Waals surface area contributed by atoms with Crippen LogP contribution in [0.5, 0.6) is 5.75 Å². The summed E-state index contributed by atoms with van der Waals surface area (Å²) >= 11 is 0. The molecule has 4 aromatic rings. The molecule has 36 heavy (non-hydrogen) atoms. The van der Waals surface area contributed by atoms with Crippen LogP contribution in [-0.2, 0) is 11.3 Å². The number of hydrogen-bond acceptors (Lipinski definition) is 3. The van der Waals surface area contributed by atoms with E-state index in [9.17, 15) is 4.79 Å². The summed E-state index contributed by atoms with van der Waals surface area (Å²) in [6.45, 7) is 5.36. The topological polar surface area (TPSA) is 50.4 Å². The minimum absolute atomic E-state index is 0.0993. The lowest BCUT2D eigenvalue weighted by atomic mass is 10.00. The average molecular weight is 475 g/mol. The fourth-order valence-electron chi connectivity index (χ4n) is 4.22. The summed E-state index contributed by atoms with van der Waals surface area (Å²) in [6, 6.07) is 30.9. The Kier molecular flexibility index (Phi) is 6.85. The van der Waals surface area contributed by atoms with E-state index in [-0.39, 0.29) is 5.91 Å². The van der Waals surface area contributed by atoms with Gasteiger partial charge in [-0.3, -0.25) is 4.79 Å². The van der Waals surface area contributed by atoms with Gasteiger partial charge in [-0.1, -0.05) is 65.7 Å². The standard InChI is InChI=1S/C32H30N2O2/c1-22-3-9-25(10-4-22)26-11-16-31-28(19-26)20-27(17-18-36-31)32(35)34-30-14-7-24(8-15-30)21-33-29-12-5-23(2)6-13-29/h3-16,19-20,33H,17-18,21H2,1-2H3,(H,34,35). The van der Waals surface area contributed by atoms with Gasteiger partial charge >= 0.3 is 0 Å². The van der Waals surface area contributed by atoms with Crippen molar-refractivity contribution >= 4 is 23.4 Å². The molecule has 5 rings (SSSR count). The third-order valence-electron chi connectivity index (χ3n) is 6.41. The highest BCUT2D eigenvalue weighted by Gasteiger charge is 2.16. The Morgan fingerprint density at radius 2 is 1.42 bits per heavy atom. The first-order chi connectivity index (χ1) is 17.5. The zero-order chi connectivity index (χ0) is 24.9. The van der Waals surface area contributed by atoms with Crippen molar-refractivity contribution in [3.05, 3.63) is 119 Å². The van der Waals surface area contributed by atoms with Gasteiger partial charge in [0.25, 0.3) is 5.91 Å². The summed E-state index contributed by atoms with van der Waals surface area (Å²) in [5.74, 6) is 0.705. The van der Waals surface area contributed by atoms with Gasteiger partial charge in [-0.25, -0.2) is 0 Å². The summed E-state index contributed by atoms with van der Waals surface area (Å²) in [5, 5.41) is 6.47. The molecule has 4 heteroatoms. The minimum Gasteiger partial charge on any atom is -0.493 e. The van der Waals surface area contributed by atoms with Crippen molar-refractivity contribution in [1.82, 2.24) is 0 Å². The molecule has 0 aromatic heterocycles. The second kappa shape index (κ2) is 10.5. The van der Waals surface area contributed by atoms with Gasteiger partial charge in [0.2, 0.25) is 0 Å². The summed E-state index contributed by atoms with van der Waals surface area (Å²) in [5.41, 5.74) is 9.36. The van der Waals surface area contributed by atoms with Crippen molar-refractivity contribution in [3.63, 3.8) is 0 Å². The van der Waals surface area contributed by atoms with Gasteiger partial charge in [-0.15, -0.1) is 0 Å². The number of aryl methyl sites for hydroxylation is 2.